The molecule has 3 nitrogen and oxygen atoms in total. The zero-order valence-electron chi connectivity index (χ0n) is 19.1. The smallest absolute Gasteiger partial charge is 0.137 e. The van der Waals surface area contributed by atoms with Gasteiger partial charge in [0.25, 0.3) is 0 Å². The first-order valence-corrected chi connectivity index (χ1v) is 12.0. The van der Waals surface area contributed by atoms with Crippen LogP contribution in [-0.2, 0) is 4.74 Å². The zero-order chi connectivity index (χ0) is 21.2. The molecule has 1 saturated carbocycles. The lowest BCUT2D eigenvalue weighted by Gasteiger charge is -2.29. The highest BCUT2D eigenvalue weighted by atomic mass is 16.5. The molecule has 0 atom stereocenters. The third-order valence-electron chi connectivity index (χ3n) is 6.28. The van der Waals surface area contributed by atoms with E-state index in [0.29, 0.717) is 13.2 Å². The highest BCUT2D eigenvalue weighted by Gasteiger charge is 2.22. The van der Waals surface area contributed by atoms with Crippen LogP contribution in [0.25, 0.3) is 11.3 Å². The minimum absolute atomic E-state index is 0.234. The Morgan fingerprint density at radius 2 is 1.70 bits per heavy atom. The van der Waals surface area contributed by atoms with Gasteiger partial charge in [-0.25, -0.2) is 0 Å². The van der Waals surface area contributed by atoms with E-state index in [-0.39, 0.29) is 6.10 Å². The van der Waals surface area contributed by atoms with Crippen molar-refractivity contribution < 1.29 is 9.47 Å². The van der Waals surface area contributed by atoms with E-state index in [1.807, 2.05) is 26.0 Å². The summed E-state index contributed by atoms with van der Waals surface area (Å²) >= 11 is 0. The highest BCUT2D eigenvalue weighted by Crippen LogP contribution is 2.38. The van der Waals surface area contributed by atoms with Crippen molar-refractivity contribution in [2.45, 2.75) is 84.2 Å². The van der Waals surface area contributed by atoms with Crippen molar-refractivity contribution in [2.24, 2.45) is 5.92 Å². The maximum Gasteiger partial charge on any atom is 0.137 e. The van der Waals surface area contributed by atoms with Crippen molar-refractivity contribution in [3.8, 4) is 17.0 Å². The Labute approximate surface area is 183 Å². The quantitative estimate of drug-likeness (QED) is 0.362. The predicted molar refractivity (Wildman–Crippen MR) is 125 cm³/mol. The topological polar surface area (TPSA) is 31.4 Å². The highest BCUT2D eigenvalue weighted by molar-refractivity contribution is 5.60. The van der Waals surface area contributed by atoms with Gasteiger partial charge < -0.3 is 9.47 Å². The molecule has 1 aliphatic rings. The Kier molecular flexibility index (Phi) is 9.20. The molecule has 1 aromatic carbocycles. The van der Waals surface area contributed by atoms with E-state index in [4.69, 9.17) is 9.47 Å². The molecule has 0 amide bonds. The van der Waals surface area contributed by atoms with E-state index in [1.54, 1.807) is 6.20 Å². The van der Waals surface area contributed by atoms with Crippen LogP contribution in [0.1, 0.15) is 83.6 Å². The first-order valence-electron chi connectivity index (χ1n) is 12.0. The SMILES string of the molecule is CCCCCC1CCC(c2ccc(-c3ccc(OCCOC(C)C)cn3)cc2)CC1. The molecule has 1 heterocycles. The molecule has 0 spiro atoms. The van der Waals surface area contributed by atoms with E-state index < -0.39 is 0 Å². The monoisotopic (exact) mass is 409 g/mol. The molecular formula is C27H39NO2. The van der Waals surface area contributed by atoms with Gasteiger partial charge in [-0.1, -0.05) is 56.9 Å². The summed E-state index contributed by atoms with van der Waals surface area (Å²) in [5.41, 5.74) is 3.66. The van der Waals surface area contributed by atoms with E-state index in [2.05, 4.69) is 36.2 Å². The number of pyridine rings is 1. The zero-order valence-corrected chi connectivity index (χ0v) is 19.1. The summed E-state index contributed by atoms with van der Waals surface area (Å²) in [6, 6.07) is 13.1. The van der Waals surface area contributed by atoms with Gasteiger partial charge in [-0.05, 0) is 69.1 Å². The molecule has 0 radical (unpaired) electrons. The fraction of sp³-hybridized carbons (Fsp3) is 0.593. The van der Waals surface area contributed by atoms with Gasteiger partial charge in [-0.2, -0.15) is 0 Å². The number of unbranched alkanes of at least 4 members (excludes halogenated alkanes) is 2. The molecule has 1 aromatic heterocycles. The standard InChI is InChI=1S/C27H39NO2/c1-4-5-6-7-22-8-10-23(11-9-22)24-12-14-25(15-13-24)27-17-16-26(20-28-27)30-19-18-29-21(2)3/h12-17,20-23H,4-11,18-19H2,1-3H3. The van der Waals surface area contributed by atoms with Gasteiger partial charge in [-0.3, -0.25) is 4.98 Å². The van der Waals surface area contributed by atoms with Crippen LogP contribution in [-0.4, -0.2) is 24.3 Å². The van der Waals surface area contributed by atoms with Gasteiger partial charge >= 0.3 is 0 Å². The van der Waals surface area contributed by atoms with E-state index in [0.717, 1.165) is 23.3 Å². The maximum absolute atomic E-state index is 5.70. The van der Waals surface area contributed by atoms with Crippen LogP contribution >= 0.6 is 0 Å². The summed E-state index contributed by atoms with van der Waals surface area (Å²) in [7, 11) is 0. The second-order valence-electron chi connectivity index (χ2n) is 8.98. The summed E-state index contributed by atoms with van der Waals surface area (Å²) in [6.07, 6.45) is 13.1. The first-order chi connectivity index (χ1) is 14.7. The van der Waals surface area contributed by atoms with Crippen LogP contribution in [0, 0.1) is 5.92 Å². The number of hydrogen-bond donors (Lipinski definition) is 0. The Hall–Kier alpha value is -1.87. The molecule has 3 rings (SSSR count). The van der Waals surface area contributed by atoms with Crippen LogP contribution in [0.2, 0.25) is 0 Å². The van der Waals surface area contributed by atoms with Crippen molar-refractivity contribution >= 4 is 0 Å². The summed E-state index contributed by atoms with van der Waals surface area (Å²) in [6.45, 7) is 7.50. The van der Waals surface area contributed by atoms with Gasteiger partial charge in [-0.15, -0.1) is 0 Å². The summed E-state index contributed by atoms with van der Waals surface area (Å²) < 4.78 is 11.2. The van der Waals surface area contributed by atoms with Crippen molar-refractivity contribution in [1.82, 2.24) is 4.98 Å². The van der Waals surface area contributed by atoms with Gasteiger partial charge in [0, 0.05) is 5.56 Å². The Balaban J connectivity index is 1.47. The first kappa shape index (κ1) is 22.8. The second kappa shape index (κ2) is 12.1. The number of rotatable bonds is 11. The van der Waals surface area contributed by atoms with E-state index >= 15 is 0 Å². The largest absolute Gasteiger partial charge is 0.490 e. The third-order valence-corrected chi connectivity index (χ3v) is 6.28. The summed E-state index contributed by atoms with van der Waals surface area (Å²) in [5.74, 6) is 2.49. The molecule has 164 valence electrons. The number of nitrogens with zero attached hydrogens (tertiary/aromatic N) is 1. The maximum atomic E-state index is 5.70. The average molecular weight is 410 g/mol. The molecule has 1 fully saturated rings. The Bertz CT molecular complexity index is 716. The number of benzene rings is 1. The van der Waals surface area contributed by atoms with E-state index in [1.165, 1.54) is 62.5 Å². The predicted octanol–water partition coefficient (Wildman–Crippen LogP) is 7.41. The molecule has 3 heteroatoms. The van der Waals surface area contributed by atoms with Gasteiger partial charge in [0.1, 0.15) is 12.4 Å². The van der Waals surface area contributed by atoms with Crippen molar-refractivity contribution in [3.63, 3.8) is 0 Å². The van der Waals surface area contributed by atoms with Gasteiger partial charge in [0.05, 0.1) is 24.6 Å². The lowest BCUT2D eigenvalue weighted by Crippen LogP contribution is -2.13. The number of aromatic nitrogens is 1. The van der Waals surface area contributed by atoms with Gasteiger partial charge in [0.15, 0.2) is 0 Å². The molecule has 0 N–H and O–H groups in total. The fourth-order valence-corrected chi connectivity index (χ4v) is 4.47. The van der Waals surface area contributed by atoms with Gasteiger partial charge in [0.2, 0.25) is 0 Å². The molecule has 30 heavy (non-hydrogen) atoms. The number of ether oxygens (including phenoxy) is 2. The molecular weight excluding hydrogens is 370 g/mol. The molecule has 0 aliphatic heterocycles. The van der Waals surface area contributed by atoms with Crippen LogP contribution in [0.15, 0.2) is 42.6 Å². The van der Waals surface area contributed by atoms with Crippen LogP contribution in [0.4, 0.5) is 0 Å². The number of hydrogen-bond acceptors (Lipinski definition) is 3. The second-order valence-corrected chi connectivity index (χ2v) is 8.98. The molecule has 0 bridgehead atoms. The molecule has 0 saturated heterocycles. The van der Waals surface area contributed by atoms with Crippen LogP contribution in [0.5, 0.6) is 5.75 Å². The molecule has 2 aromatic rings. The van der Waals surface area contributed by atoms with Crippen molar-refractivity contribution in [3.05, 3.63) is 48.2 Å². The molecule has 0 unspecified atom stereocenters. The summed E-state index contributed by atoms with van der Waals surface area (Å²) in [5, 5.41) is 0. The third kappa shape index (κ3) is 7.12. The van der Waals surface area contributed by atoms with Crippen LogP contribution in [0.3, 0.4) is 0 Å². The average Bonchev–Trinajstić information content (AvgIpc) is 2.78. The van der Waals surface area contributed by atoms with Crippen LogP contribution < -0.4 is 4.74 Å². The fourth-order valence-electron chi connectivity index (χ4n) is 4.47. The molecule has 1 aliphatic carbocycles. The Morgan fingerprint density at radius 3 is 2.33 bits per heavy atom. The minimum atomic E-state index is 0.234. The lowest BCUT2D eigenvalue weighted by atomic mass is 9.77. The van der Waals surface area contributed by atoms with E-state index in [9.17, 15) is 0 Å². The Morgan fingerprint density at radius 1 is 0.933 bits per heavy atom. The van der Waals surface area contributed by atoms with Crippen molar-refractivity contribution in [2.75, 3.05) is 13.2 Å². The lowest BCUT2D eigenvalue weighted by molar-refractivity contribution is 0.0552. The van der Waals surface area contributed by atoms with Crippen molar-refractivity contribution in [1.29, 1.82) is 0 Å². The summed E-state index contributed by atoms with van der Waals surface area (Å²) in [4.78, 5) is 4.58. The minimum Gasteiger partial charge on any atom is -0.490 e. The normalized spacial score (nSPS) is 19.2.